The van der Waals surface area contributed by atoms with Gasteiger partial charge in [-0.15, -0.1) is 0 Å². The van der Waals surface area contributed by atoms with E-state index >= 15 is 0 Å². The highest BCUT2D eigenvalue weighted by atomic mass is 35.5. The van der Waals surface area contributed by atoms with Crippen molar-refractivity contribution in [3.8, 4) is 0 Å². The van der Waals surface area contributed by atoms with E-state index in [0.717, 1.165) is 16.0 Å². The maximum atomic E-state index is 12.6. The number of thiazole rings is 1. The maximum absolute atomic E-state index is 12.6. The number of amides is 1. The van der Waals surface area contributed by atoms with Gasteiger partial charge in [0, 0.05) is 37.7 Å². The molecule has 0 spiro atoms. The third-order valence-electron chi connectivity index (χ3n) is 4.29. The van der Waals surface area contributed by atoms with Crippen LogP contribution in [0.1, 0.15) is 0 Å². The number of piperazine rings is 1. The first kappa shape index (κ1) is 20.2. The summed E-state index contributed by atoms with van der Waals surface area (Å²) in [5.41, 5.74) is 0.645. The molecule has 12 heteroatoms. The van der Waals surface area contributed by atoms with Crippen LogP contribution in [-0.2, 0) is 25.9 Å². The van der Waals surface area contributed by atoms with Crippen molar-refractivity contribution < 1.29 is 21.9 Å². The van der Waals surface area contributed by atoms with Crippen molar-refractivity contribution >= 4 is 49.5 Å². The molecule has 27 heavy (non-hydrogen) atoms. The van der Waals surface area contributed by atoms with Crippen molar-refractivity contribution in [3.05, 3.63) is 32.9 Å². The molecule has 1 aliphatic rings. The van der Waals surface area contributed by atoms with Gasteiger partial charge in [0.25, 0.3) is 0 Å². The maximum Gasteiger partial charge on any atom is 0.397 e. The van der Waals surface area contributed by atoms with Gasteiger partial charge in [0.1, 0.15) is 6.54 Å². The van der Waals surface area contributed by atoms with Gasteiger partial charge in [-0.05, 0) is 18.2 Å². The topological polar surface area (TPSA) is 109 Å². The van der Waals surface area contributed by atoms with Gasteiger partial charge in [-0.1, -0.05) is 22.9 Å². The highest BCUT2D eigenvalue weighted by Crippen LogP contribution is 2.21. The molecule has 2 aromatic rings. The van der Waals surface area contributed by atoms with E-state index in [0.29, 0.717) is 43.3 Å². The molecule has 148 valence electrons. The van der Waals surface area contributed by atoms with E-state index in [1.54, 1.807) is 23.1 Å². The van der Waals surface area contributed by atoms with Crippen LogP contribution < -0.4 is 4.87 Å². The lowest BCUT2D eigenvalue weighted by molar-refractivity contribution is -0.133. The zero-order valence-corrected chi connectivity index (χ0v) is 16.6. The van der Waals surface area contributed by atoms with Gasteiger partial charge in [0.15, 0.2) is 0 Å². The Morgan fingerprint density at radius 2 is 1.96 bits per heavy atom. The molecule has 2 heterocycles. The summed E-state index contributed by atoms with van der Waals surface area (Å²) in [6.45, 7) is 2.14. The lowest BCUT2D eigenvalue weighted by Gasteiger charge is -2.34. The molecular weight excluding hydrogens is 418 g/mol. The Labute approximate surface area is 164 Å². The number of halogens is 1. The number of nitrogens with zero attached hydrogens (tertiary/aromatic N) is 3. The number of hydrogen-bond acceptors (Lipinski definition) is 7. The monoisotopic (exact) mass is 435 g/mol. The van der Waals surface area contributed by atoms with E-state index in [1.807, 2.05) is 4.90 Å². The van der Waals surface area contributed by atoms with Crippen molar-refractivity contribution in [3.63, 3.8) is 0 Å². The van der Waals surface area contributed by atoms with E-state index in [9.17, 15) is 18.0 Å². The van der Waals surface area contributed by atoms with Crippen molar-refractivity contribution in [2.24, 2.45) is 0 Å². The summed E-state index contributed by atoms with van der Waals surface area (Å²) in [4.78, 5) is 28.2. The second-order valence-corrected chi connectivity index (χ2v) is 8.56. The van der Waals surface area contributed by atoms with Crippen molar-refractivity contribution in [2.75, 3.05) is 39.3 Å². The number of carbonyl (C=O) groups is 1. The summed E-state index contributed by atoms with van der Waals surface area (Å²) in [6, 6.07) is 5.14. The molecule has 0 aliphatic carbocycles. The van der Waals surface area contributed by atoms with E-state index < -0.39 is 10.4 Å². The van der Waals surface area contributed by atoms with E-state index in [2.05, 4.69) is 4.18 Å². The van der Waals surface area contributed by atoms with Gasteiger partial charge in [0.05, 0.1) is 16.8 Å². The molecule has 3 rings (SSSR count). The summed E-state index contributed by atoms with van der Waals surface area (Å²) in [5, 5.41) is 0.502. The van der Waals surface area contributed by atoms with Crippen LogP contribution in [0, 0.1) is 0 Å². The SMILES string of the molecule is O=C(Cn1c(=O)sc2ccc(Cl)cc21)N1CCN(CCOS(=O)(=O)O)CC1. The normalized spacial score (nSPS) is 16.1. The molecule has 0 saturated carbocycles. The molecule has 1 amide bonds. The quantitative estimate of drug-likeness (QED) is 0.664. The van der Waals surface area contributed by atoms with Crippen LogP contribution in [-0.4, -0.2) is 72.6 Å². The molecule has 0 bridgehead atoms. The van der Waals surface area contributed by atoms with Gasteiger partial charge in [-0.3, -0.25) is 23.6 Å². The first-order valence-electron chi connectivity index (χ1n) is 8.14. The van der Waals surface area contributed by atoms with Crippen LogP contribution in [0.25, 0.3) is 10.2 Å². The first-order valence-corrected chi connectivity index (χ1v) is 10.7. The highest BCUT2D eigenvalue weighted by molar-refractivity contribution is 7.80. The Kier molecular flexibility index (Phi) is 6.18. The van der Waals surface area contributed by atoms with Gasteiger partial charge >= 0.3 is 15.3 Å². The molecule has 1 N–H and O–H groups in total. The van der Waals surface area contributed by atoms with Gasteiger partial charge in [-0.25, -0.2) is 4.18 Å². The predicted octanol–water partition coefficient (Wildman–Crippen LogP) is 0.680. The number of hydrogen-bond donors (Lipinski definition) is 1. The smallest absolute Gasteiger partial charge is 0.339 e. The summed E-state index contributed by atoms with van der Waals surface area (Å²) in [5.74, 6) is -0.161. The van der Waals surface area contributed by atoms with Crippen LogP contribution in [0.5, 0.6) is 0 Å². The third-order valence-corrected chi connectivity index (χ3v) is 5.95. The lowest BCUT2D eigenvalue weighted by atomic mass is 10.3. The summed E-state index contributed by atoms with van der Waals surface area (Å²) in [7, 11) is -4.44. The van der Waals surface area contributed by atoms with Crippen LogP contribution in [0.2, 0.25) is 5.02 Å². The van der Waals surface area contributed by atoms with Crippen LogP contribution in [0.4, 0.5) is 0 Å². The minimum absolute atomic E-state index is 0.0506. The fourth-order valence-corrected chi connectivity index (χ4v) is 4.24. The minimum Gasteiger partial charge on any atom is -0.339 e. The fraction of sp³-hybridized carbons (Fsp3) is 0.467. The highest BCUT2D eigenvalue weighted by Gasteiger charge is 2.22. The summed E-state index contributed by atoms with van der Waals surface area (Å²) < 4.78 is 36.1. The molecule has 1 fully saturated rings. The van der Waals surface area contributed by atoms with Gasteiger partial charge in [-0.2, -0.15) is 8.42 Å². The fourth-order valence-electron chi connectivity index (χ4n) is 2.91. The number of benzene rings is 1. The Balaban J connectivity index is 1.57. The predicted molar refractivity (Wildman–Crippen MR) is 102 cm³/mol. The number of aromatic nitrogens is 1. The second-order valence-electron chi connectivity index (χ2n) is 6.04. The summed E-state index contributed by atoms with van der Waals surface area (Å²) in [6.07, 6.45) is 0. The van der Waals surface area contributed by atoms with Crippen molar-refractivity contribution in [2.45, 2.75) is 6.54 Å². The van der Waals surface area contributed by atoms with E-state index in [1.165, 1.54) is 4.57 Å². The van der Waals surface area contributed by atoms with Crippen molar-refractivity contribution in [1.29, 1.82) is 0 Å². The Morgan fingerprint density at radius 3 is 2.63 bits per heavy atom. The Bertz CT molecular complexity index is 995. The average molecular weight is 436 g/mol. The Hall–Kier alpha value is -1.50. The minimum atomic E-state index is -4.44. The third kappa shape index (κ3) is 5.27. The number of fused-ring (bicyclic) bond motifs is 1. The van der Waals surface area contributed by atoms with Crippen molar-refractivity contribution in [1.82, 2.24) is 14.4 Å². The molecule has 1 aromatic heterocycles. The van der Waals surface area contributed by atoms with Gasteiger partial charge < -0.3 is 4.90 Å². The molecule has 1 saturated heterocycles. The average Bonchev–Trinajstić information content (AvgIpc) is 2.89. The zero-order chi connectivity index (χ0) is 19.6. The van der Waals surface area contributed by atoms with Crippen LogP contribution in [0.15, 0.2) is 23.0 Å². The number of rotatable bonds is 6. The molecule has 1 aliphatic heterocycles. The largest absolute Gasteiger partial charge is 0.397 e. The lowest BCUT2D eigenvalue weighted by Crippen LogP contribution is -2.50. The standard InChI is InChI=1S/C15H18ClN3O6S2/c16-11-1-2-13-12(9-11)19(15(21)26-13)10-14(20)18-5-3-17(4-6-18)7-8-25-27(22,23)24/h1-2,9H,3-8,10H2,(H,22,23,24). The van der Waals surface area contributed by atoms with E-state index in [-0.39, 0.29) is 23.9 Å². The first-order chi connectivity index (χ1) is 12.7. The summed E-state index contributed by atoms with van der Waals surface area (Å²) >= 11 is 7.07. The Morgan fingerprint density at radius 1 is 1.26 bits per heavy atom. The van der Waals surface area contributed by atoms with E-state index in [4.69, 9.17) is 16.2 Å². The zero-order valence-electron chi connectivity index (χ0n) is 14.2. The molecule has 9 nitrogen and oxygen atoms in total. The van der Waals surface area contributed by atoms with Crippen LogP contribution >= 0.6 is 22.9 Å². The molecule has 0 radical (unpaired) electrons. The molecule has 1 aromatic carbocycles. The molecule has 0 unspecified atom stereocenters. The second kappa shape index (κ2) is 8.25. The molecule has 0 atom stereocenters. The van der Waals surface area contributed by atoms with Gasteiger partial charge in [0.2, 0.25) is 5.91 Å². The number of carbonyl (C=O) groups excluding carboxylic acids is 1. The molecular formula is C15H18ClN3O6S2. The van der Waals surface area contributed by atoms with Crippen LogP contribution in [0.3, 0.4) is 0 Å².